The average Bonchev–Trinajstić information content (AvgIpc) is 3.46. The fraction of sp³-hybridized carbons (Fsp3) is 0.304. The number of anilines is 1. The van der Waals surface area contributed by atoms with Gasteiger partial charge in [0, 0.05) is 21.7 Å². The van der Waals surface area contributed by atoms with Gasteiger partial charge in [0.2, 0.25) is 12.6 Å². The number of rotatable bonds is 6. The molecule has 2 unspecified atom stereocenters. The van der Waals surface area contributed by atoms with Gasteiger partial charge in [-0.1, -0.05) is 23.8 Å². The van der Waals surface area contributed by atoms with Crippen molar-refractivity contribution in [3.05, 3.63) is 77.1 Å². The predicted molar refractivity (Wildman–Crippen MR) is 118 cm³/mol. The molecular weight excluding hydrogens is 390 g/mol. The third kappa shape index (κ3) is 4.01. The molecule has 2 aromatic carbocycles. The van der Waals surface area contributed by atoms with Crippen molar-refractivity contribution >= 4 is 16.9 Å². The summed E-state index contributed by atoms with van der Waals surface area (Å²) in [6, 6.07) is 13.7. The highest BCUT2D eigenvalue weighted by molar-refractivity contribution is 5.75. The summed E-state index contributed by atoms with van der Waals surface area (Å²) >= 11 is 0. The number of para-hydroxylation sites is 2. The van der Waals surface area contributed by atoms with Gasteiger partial charge in [0.05, 0.1) is 41.4 Å². The van der Waals surface area contributed by atoms with Crippen LogP contribution in [0.3, 0.4) is 0 Å². The molecule has 0 radical (unpaired) electrons. The molecule has 1 fully saturated rings. The van der Waals surface area contributed by atoms with E-state index in [1.807, 2.05) is 49.4 Å². The molecule has 1 saturated carbocycles. The Balaban J connectivity index is 1.35. The first-order chi connectivity index (χ1) is 15.2. The van der Waals surface area contributed by atoms with E-state index in [0.717, 1.165) is 47.1 Å². The van der Waals surface area contributed by atoms with Gasteiger partial charge in [-0.2, -0.15) is 15.0 Å². The third-order valence-electron chi connectivity index (χ3n) is 5.83. The van der Waals surface area contributed by atoms with Crippen LogP contribution in [0.2, 0.25) is 0 Å². The molecule has 1 N–H and O–H groups in total. The van der Waals surface area contributed by atoms with E-state index in [4.69, 9.17) is 0 Å². The average molecular weight is 414 g/mol. The number of aryl methyl sites for hydroxylation is 1. The summed E-state index contributed by atoms with van der Waals surface area (Å²) in [7, 11) is 0. The van der Waals surface area contributed by atoms with Crippen molar-refractivity contribution in [3.8, 4) is 5.69 Å². The number of nitrogens with zero attached hydrogens (tertiary/aromatic N) is 6. The van der Waals surface area contributed by atoms with Gasteiger partial charge >= 0.3 is 0 Å². The zero-order valence-electron chi connectivity index (χ0n) is 17.3. The number of aromatic nitrogens is 5. The summed E-state index contributed by atoms with van der Waals surface area (Å²) in [6.45, 7) is 2.31. The van der Waals surface area contributed by atoms with Crippen LogP contribution >= 0.6 is 0 Å². The second-order valence-corrected chi connectivity index (χ2v) is 8.02. The normalized spacial score (nSPS) is 18.4. The van der Waals surface area contributed by atoms with Crippen LogP contribution in [-0.2, 0) is 6.54 Å². The molecule has 2 heterocycles. The molecule has 2 aromatic heterocycles. The van der Waals surface area contributed by atoms with Gasteiger partial charge in [0.1, 0.15) is 5.82 Å². The van der Waals surface area contributed by atoms with Crippen LogP contribution in [0.4, 0.5) is 5.82 Å². The summed E-state index contributed by atoms with van der Waals surface area (Å²) in [5, 5.41) is 11.9. The van der Waals surface area contributed by atoms with Crippen LogP contribution < -0.4 is 5.32 Å². The van der Waals surface area contributed by atoms with Crippen molar-refractivity contribution in [3.63, 3.8) is 0 Å². The van der Waals surface area contributed by atoms with Gasteiger partial charge in [0.15, 0.2) is 0 Å². The first kappa shape index (κ1) is 19.3. The van der Waals surface area contributed by atoms with Crippen LogP contribution in [0, 0.1) is 11.8 Å². The predicted octanol–water partition coefficient (Wildman–Crippen LogP) is 3.83. The SMILES string of the molecule is Cc1ccc(-n2nccn2)c(C[N+](=O)C2CCCC2Nc2cnc3ccccc3n2)c1. The summed E-state index contributed by atoms with van der Waals surface area (Å²) in [5.41, 5.74) is 4.56. The van der Waals surface area contributed by atoms with Gasteiger partial charge in [-0.25, -0.2) is 4.98 Å². The molecule has 2 atom stereocenters. The Labute approximate surface area is 179 Å². The van der Waals surface area contributed by atoms with E-state index in [1.54, 1.807) is 23.4 Å². The highest BCUT2D eigenvalue weighted by Crippen LogP contribution is 2.27. The summed E-state index contributed by atoms with van der Waals surface area (Å²) in [4.78, 5) is 24.0. The Morgan fingerprint density at radius 2 is 1.90 bits per heavy atom. The Morgan fingerprint density at radius 1 is 1.10 bits per heavy atom. The molecule has 0 saturated heterocycles. The minimum absolute atomic E-state index is 0.0315. The second kappa shape index (κ2) is 8.22. The molecule has 8 nitrogen and oxygen atoms in total. The lowest BCUT2D eigenvalue weighted by molar-refractivity contribution is -0.600. The van der Waals surface area contributed by atoms with Gasteiger partial charge in [0.25, 0.3) is 0 Å². The minimum Gasteiger partial charge on any atom is -0.359 e. The fourth-order valence-corrected chi connectivity index (χ4v) is 4.33. The van der Waals surface area contributed by atoms with E-state index in [-0.39, 0.29) is 18.6 Å². The van der Waals surface area contributed by atoms with Gasteiger partial charge in [-0.15, -0.1) is 0 Å². The quantitative estimate of drug-likeness (QED) is 0.483. The lowest BCUT2D eigenvalue weighted by Crippen LogP contribution is -2.37. The number of benzene rings is 2. The highest BCUT2D eigenvalue weighted by atomic mass is 16.3. The lowest BCUT2D eigenvalue weighted by atomic mass is 10.1. The molecule has 156 valence electrons. The lowest BCUT2D eigenvalue weighted by Gasteiger charge is -2.16. The van der Waals surface area contributed by atoms with E-state index < -0.39 is 0 Å². The number of fused-ring (bicyclic) bond motifs is 1. The molecular formula is C23H24N7O+. The Morgan fingerprint density at radius 3 is 2.74 bits per heavy atom. The van der Waals surface area contributed by atoms with E-state index in [2.05, 4.69) is 25.5 Å². The molecule has 8 heteroatoms. The molecule has 5 rings (SSSR count). The van der Waals surface area contributed by atoms with Crippen molar-refractivity contribution in [1.29, 1.82) is 0 Å². The fourth-order valence-electron chi connectivity index (χ4n) is 4.33. The van der Waals surface area contributed by atoms with Gasteiger partial charge in [-0.05, 0) is 44.0 Å². The number of nitroso groups, excluding NO2 is 1. The summed E-state index contributed by atoms with van der Waals surface area (Å²) < 4.78 is 1.20. The zero-order chi connectivity index (χ0) is 21.2. The Bertz CT molecular complexity index is 1220. The first-order valence-corrected chi connectivity index (χ1v) is 10.6. The molecule has 0 aliphatic heterocycles. The van der Waals surface area contributed by atoms with Crippen LogP contribution in [-0.4, -0.2) is 41.8 Å². The Hall–Kier alpha value is -3.68. The van der Waals surface area contributed by atoms with Crippen LogP contribution in [0.15, 0.2) is 61.1 Å². The van der Waals surface area contributed by atoms with Crippen LogP contribution in [0.1, 0.15) is 30.4 Å². The molecule has 4 aromatic rings. The van der Waals surface area contributed by atoms with E-state index in [0.29, 0.717) is 5.82 Å². The van der Waals surface area contributed by atoms with E-state index >= 15 is 0 Å². The summed E-state index contributed by atoms with van der Waals surface area (Å²) in [5.74, 6) is 0.709. The van der Waals surface area contributed by atoms with E-state index in [1.165, 1.54) is 4.76 Å². The van der Waals surface area contributed by atoms with Crippen molar-refractivity contribution < 1.29 is 4.76 Å². The molecule has 0 bridgehead atoms. The van der Waals surface area contributed by atoms with E-state index in [9.17, 15) is 4.91 Å². The molecule has 31 heavy (non-hydrogen) atoms. The van der Waals surface area contributed by atoms with Crippen molar-refractivity contribution in [2.75, 3.05) is 5.32 Å². The van der Waals surface area contributed by atoms with Crippen LogP contribution in [0.5, 0.6) is 0 Å². The second-order valence-electron chi connectivity index (χ2n) is 8.02. The topological polar surface area (TPSA) is 88.6 Å². The first-order valence-electron chi connectivity index (χ1n) is 10.6. The van der Waals surface area contributed by atoms with Gasteiger partial charge in [-0.3, -0.25) is 4.98 Å². The number of nitrogens with one attached hydrogen (secondary N) is 1. The van der Waals surface area contributed by atoms with Crippen LogP contribution in [0.25, 0.3) is 16.7 Å². The zero-order valence-corrected chi connectivity index (χ0v) is 17.3. The number of hydrogen-bond acceptors (Lipinski definition) is 6. The standard InChI is InChI=1S/C23H24N7O/c1-16-9-10-21(30-25-11-12-26-30)17(13-16)15-29(31)22-8-4-7-20(22)28-23-14-24-18-5-2-3-6-19(18)27-23/h2-3,5-6,9-14,20,22H,4,7-8,15H2,1H3,(H,27,28)/q+1. The smallest absolute Gasteiger partial charge is 0.221 e. The maximum atomic E-state index is 13.3. The maximum Gasteiger partial charge on any atom is 0.221 e. The van der Waals surface area contributed by atoms with Gasteiger partial charge < -0.3 is 5.32 Å². The Kier molecular flexibility index (Phi) is 5.11. The molecule has 0 amide bonds. The summed E-state index contributed by atoms with van der Waals surface area (Å²) in [6.07, 6.45) is 7.81. The molecule has 1 aliphatic rings. The number of hydrogen-bond donors (Lipinski definition) is 1. The third-order valence-corrected chi connectivity index (χ3v) is 5.83. The molecule has 1 aliphatic carbocycles. The monoisotopic (exact) mass is 414 g/mol. The largest absolute Gasteiger partial charge is 0.359 e. The minimum atomic E-state index is -0.132. The highest BCUT2D eigenvalue weighted by Gasteiger charge is 2.39. The van der Waals surface area contributed by atoms with Crippen molar-refractivity contribution in [1.82, 2.24) is 25.0 Å². The maximum absolute atomic E-state index is 13.3. The van der Waals surface area contributed by atoms with Crippen molar-refractivity contribution in [2.45, 2.75) is 44.8 Å². The molecule has 0 spiro atoms. The van der Waals surface area contributed by atoms with Crippen molar-refractivity contribution in [2.24, 2.45) is 0 Å².